The van der Waals surface area contributed by atoms with Gasteiger partial charge in [0.05, 0.1) is 17.0 Å². The van der Waals surface area contributed by atoms with Crippen molar-refractivity contribution in [3.8, 4) is 22.5 Å². The van der Waals surface area contributed by atoms with E-state index in [2.05, 4.69) is 37.0 Å². The summed E-state index contributed by atoms with van der Waals surface area (Å²) in [6, 6.07) is 12.2. The van der Waals surface area contributed by atoms with Gasteiger partial charge in [0.2, 0.25) is 0 Å². The summed E-state index contributed by atoms with van der Waals surface area (Å²) in [5.41, 5.74) is 3.83. The van der Waals surface area contributed by atoms with E-state index in [-0.39, 0.29) is 0 Å². The highest BCUT2D eigenvalue weighted by molar-refractivity contribution is 5.75. The number of aromatic nitrogens is 4. The first-order valence-electron chi connectivity index (χ1n) is 8.34. The second kappa shape index (κ2) is 6.74. The summed E-state index contributed by atoms with van der Waals surface area (Å²) >= 11 is 0. The van der Waals surface area contributed by atoms with Crippen LogP contribution in [0.5, 0.6) is 0 Å². The highest BCUT2D eigenvalue weighted by atomic mass is 15.2. The van der Waals surface area contributed by atoms with Gasteiger partial charge in [-0.05, 0) is 25.3 Å². The quantitative estimate of drug-likeness (QED) is 0.739. The first kappa shape index (κ1) is 14.8. The van der Waals surface area contributed by atoms with E-state index in [1.165, 1.54) is 19.3 Å². The molecule has 4 rings (SSSR count). The molecule has 5 nitrogen and oxygen atoms in total. The number of benzene rings is 1. The summed E-state index contributed by atoms with van der Waals surface area (Å²) in [7, 11) is 0. The van der Waals surface area contributed by atoms with Crippen molar-refractivity contribution in [2.24, 2.45) is 0 Å². The van der Waals surface area contributed by atoms with E-state index in [9.17, 15) is 0 Å². The molecule has 1 aliphatic heterocycles. The Kier molecular flexibility index (Phi) is 4.14. The molecular weight excluding hydrogens is 298 g/mol. The normalized spacial score (nSPS) is 14.6. The second-order valence-corrected chi connectivity index (χ2v) is 5.96. The standard InChI is InChI=1S/C19H19N5/c1-3-7-15(8-4-1)17-11-18(22-14-21-17)16-12-20-13-23-19(16)24-9-5-2-6-10-24/h1,3-4,7-8,11-14H,2,5-6,9-10H2. The van der Waals surface area contributed by atoms with Crippen LogP contribution in [-0.4, -0.2) is 33.0 Å². The van der Waals surface area contributed by atoms with Gasteiger partial charge in [-0.25, -0.2) is 19.9 Å². The third kappa shape index (κ3) is 2.97. The van der Waals surface area contributed by atoms with E-state index in [4.69, 9.17) is 0 Å². The molecule has 0 bridgehead atoms. The van der Waals surface area contributed by atoms with Gasteiger partial charge in [0, 0.05) is 24.8 Å². The number of hydrogen-bond acceptors (Lipinski definition) is 5. The Morgan fingerprint density at radius 1 is 0.792 bits per heavy atom. The fraction of sp³-hybridized carbons (Fsp3) is 0.263. The zero-order chi connectivity index (χ0) is 16.2. The summed E-state index contributed by atoms with van der Waals surface area (Å²) in [5.74, 6) is 0.974. The highest BCUT2D eigenvalue weighted by Gasteiger charge is 2.18. The maximum absolute atomic E-state index is 4.54. The van der Waals surface area contributed by atoms with E-state index in [1.54, 1.807) is 12.7 Å². The van der Waals surface area contributed by atoms with Crippen LogP contribution in [0.25, 0.3) is 22.5 Å². The highest BCUT2D eigenvalue weighted by Crippen LogP contribution is 2.30. The van der Waals surface area contributed by atoms with Crippen molar-refractivity contribution in [3.63, 3.8) is 0 Å². The molecule has 0 saturated carbocycles. The van der Waals surface area contributed by atoms with Gasteiger partial charge in [-0.3, -0.25) is 0 Å². The molecule has 0 unspecified atom stereocenters. The smallest absolute Gasteiger partial charge is 0.141 e. The molecule has 0 aliphatic carbocycles. The van der Waals surface area contributed by atoms with E-state index in [0.29, 0.717) is 0 Å². The molecule has 0 spiro atoms. The van der Waals surface area contributed by atoms with Crippen LogP contribution in [0.4, 0.5) is 5.82 Å². The molecule has 5 heteroatoms. The Balaban J connectivity index is 1.74. The third-order valence-electron chi connectivity index (χ3n) is 4.36. The van der Waals surface area contributed by atoms with Crippen molar-refractivity contribution < 1.29 is 0 Å². The molecule has 1 fully saturated rings. The van der Waals surface area contributed by atoms with Gasteiger partial charge in [-0.15, -0.1) is 0 Å². The molecule has 0 N–H and O–H groups in total. The molecular formula is C19H19N5. The third-order valence-corrected chi connectivity index (χ3v) is 4.36. The molecule has 1 saturated heterocycles. The zero-order valence-corrected chi connectivity index (χ0v) is 13.5. The Bertz CT molecular complexity index is 813. The average molecular weight is 317 g/mol. The van der Waals surface area contributed by atoms with Gasteiger partial charge < -0.3 is 4.90 Å². The zero-order valence-electron chi connectivity index (χ0n) is 13.5. The van der Waals surface area contributed by atoms with Gasteiger partial charge in [-0.1, -0.05) is 30.3 Å². The molecule has 1 aromatic carbocycles. The molecule has 0 radical (unpaired) electrons. The molecule has 0 atom stereocenters. The van der Waals surface area contributed by atoms with Gasteiger partial charge >= 0.3 is 0 Å². The fourth-order valence-corrected chi connectivity index (χ4v) is 3.13. The predicted octanol–water partition coefficient (Wildman–Crippen LogP) is 3.59. The number of anilines is 1. The maximum atomic E-state index is 4.54. The number of hydrogen-bond donors (Lipinski definition) is 0. The van der Waals surface area contributed by atoms with Gasteiger partial charge in [-0.2, -0.15) is 0 Å². The SMILES string of the molecule is c1ccc(-c2cc(-c3cncnc3N3CCCCC3)ncn2)cc1. The molecule has 0 amide bonds. The summed E-state index contributed by atoms with van der Waals surface area (Å²) in [6.45, 7) is 2.08. The van der Waals surface area contributed by atoms with Crippen LogP contribution in [0.2, 0.25) is 0 Å². The van der Waals surface area contributed by atoms with Crippen molar-refractivity contribution in [1.82, 2.24) is 19.9 Å². The molecule has 1 aliphatic rings. The van der Waals surface area contributed by atoms with Gasteiger partial charge in [0.15, 0.2) is 0 Å². The molecule has 3 aromatic rings. The maximum Gasteiger partial charge on any atom is 0.141 e. The molecule has 2 aromatic heterocycles. The lowest BCUT2D eigenvalue weighted by Crippen LogP contribution is -2.30. The van der Waals surface area contributed by atoms with Crippen LogP contribution in [-0.2, 0) is 0 Å². The summed E-state index contributed by atoms with van der Waals surface area (Å²) in [4.78, 5) is 20.0. The molecule has 24 heavy (non-hydrogen) atoms. The monoisotopic (exact) mass is 317 g/mol. The Labute approximate surface area is 141 Å². The average Bonchev–Trinajstić information content (AvgIpc) is 2.69. The second-order valence-electron chi connectivity index (χ2n) is 5.96. The topological polar surface area (TPSA) is 54.8 Å². The number of rotatable bonds is 3. The minimum Gasteiger partial charge on any atom is -0.356 e. The Morgan fingerprint density at radius 3 is 2.42 bits per heavy atom. The van der Waals surface area contributed by atoms with E-state index >= 15 is 0 Å². The van der Waals surface area contributed by atoms with Gasteiger partial charge in [0.1, 0.15) is 18.5 Å². The fourth-order valence-electron chi connectivity index (χ4n) is 3.13. The van der Waals surface area contributed by atoms with Crippen LogP contribution in [0.1, 0.15) is 19.3 Å². The molecule has 120 valence electrons. The largest absolute Gasteiger partial charge is 0.356 e. The summed E-state index contributed by atoms with van der Waals surface area (Å²) < 4.78 is 0. The lowest BCUT2D eigenvalue weighted by molar-refractivity contribution is 0.573. The van der Waals surface area contributed by atoms with Crippen molar-refractivity contribution in [2.45, 2.75) is 19.3 Å². The lowest BCUT2D eigenvalue weighted by Gasteiger charge is -2.29. The van der Waals surface area contributed by atoms with Crippen LogP contribution >= 0.6 is 0 Å². The Morgan fingerprint density at radius 2 is 1.58 bits per heavy atom. The van der Waals surface area contributed by atoms with Crippen LogP contribution < -0.4 is 4.90 Å². The van der Waals surface area contributed by atoms with Crippen LogP contribution in [0.3, 0.4) is 0 Å². The minimum absolute atomic E-state index is 0.866. The van der Waals surface area contributed by atoms with Crippen molar-refractivity contribution >= 4 is 5.82 Å². The van der Waals surface area contributed by atoms with E-state index in [1.807, 2.05) is 30.5 Å². The minimum atomic E-state index is 0.866. The van der Waals surface area contributed by atoms with Crippen LogP contribution in [0, 0.1) is 0 Å². The van der Waals surface area contributed by atoms with Crippen molar-refractivity contribution in [1.29, 1.82) is 0 Å². The van der Waals surface area contributed by atoms with Crippen molar-refractivity contribution in [2.75, 3.05) is 18.0 Å². The molecule has 3 heterocycles. The van der Waals surface area contributed by atoms with Crippen molar-refractivity contribution in [3.05, 3.63) is 55.2 Å². The summed E-state index contributed by atoms with van der Waals surface area (Å²) in [6.07, 6.45) is 8.80. The first-order valence-corrected chi connectivity index (χ1v) is 8.34. The van der Waals surface area contributed by atoms with Gasteiger partial charge in [0.25, 0.3) is 0 Å². The van der Waals surface area contributed by atoms with E-state index < -0.39 is 0 Å². The first-order chi connectivity index (χ1) is 11.9. The number of nitrogens with zero attached hydrogens (tertiary/aromatic N) is 5. The predicted molar refractivity (Wildman–Crippen MR) is 94.6 cm³/mol. The summed E-state index contributed by atoms with van der Waals surface area (Å²) in [5, 5.41) is 0. The van der Waals surface area contributed by atoms with Crippen LogP contribution in [0.15, 0.2) is 55.2 Å². The number of piperidine rings is 1. The Hall–Kier alpha value is -2.82. The van der Waals surface area contributed by atoms with E-state index in [0.717, 1.165) is 41.4 Å². The lowest BCUT2D eigenvalue weighted by atomic mass is 10.1.